The Kier molecular flexibility index (Phi) is 2.95. The lowest BCUT2D eigenvalue weighted by molar-refractivity contribution is 0.0600. The molecule has 2 aromatic heterocycles. The van der Waals surface area contributed by atoms with E-state index in [0.29, 0.717) is 11.3 Å². The lowest BCUT2D eigenvalue weighted by Gasteiger charge is -2.04. The predicted octanol–water partition coefficient (Wildman–Crippen LogP) is 2.42. The average Bonchev–Trinajstić information content (AvgIpc) is 2.84. The van der Waals surface area contributed by atoms with Gasteiger partial charge in [0.2, 0.25) is 0 Å². The Morgan fingerprint density at radius 2 is 2.10 bits per heavy atom. The number of hydrogen-bond acceptors (Lipinski definition) is 4. The molecule has 0 aliphatic rings. The Hall–Kier alpha value is -2.69. The van der Waals surface area contributed by atoms with Crippen molar-refractivity contribution in [2.75, 3.05) is 7.11 Å². The Balaban J connectivity index is 2.29. The van der Waals surface area contributed by atoms with Gasteiger partial charge >= 0.3 is 5.97 Å². The third-order valence-corrected chi connectivity index (χ3v) is 3.27. The first kappa shape index (κ1) is 12.3. The Bertz CT molecular complexity index is 793. The van der Waals surface area contributed by atoms with Crippen molar-refractivity contribution in [3.63, 3.8) is 0 Å². The molecule has 2 heterocycles. The molecule has 0 spiro atoms. The van der Waals surface area contributed by atoms with Crippen molar-refractivity contribution in [2.45, 2.75) is 0 Å². The number of para-hydroxylation sites is 1. The molecule has 0 unspecified atom stereocenters. The van der Waals surface area contributed by atoms with Crippen molar-refractivity contribution in [1.82, 2.24) is 14.5 Å². The lowest BCUT2D eigenvalue weighted by Crippen LogP contribution is -2.05. The third kappa shape index (κ3) is 1.84. The maximum atomic E-state index is 11.8. The quantitative estimate of drug-likeness (QED) is 0.669. The van der Waals surface area contributed by atoms with Crippen LogP contribution in [-0.2, 0) is 11.8 Å². The van der Waals surface area contributed by atoms with Crippen LogP contribution in [0.2, 0.25) is 0 Å². The summed E-state index contributed by atoms with van der Waals surface area (Å²) < 4.78 is 6.80. The van der Waals surface area contributed by atoms with Crippen molar-refractivity contribution in [2.24, 2.45) is 7.05 Å². The molecule has 0 saturated heterocycles. The van der Waals surface area contributed by atoms with E-state index in [1.54, 1.807) is 0 Å². The van der Waals surface area contributed by atoms with Gasteiger partial charge in [0.1, 0.15) is 11.9 Å². The molecule has 20 heavy (non-hydrogen) atoms. The van der Waals surface area contributed by atoms with E-state index in [4.69, 9.17) is 4.74 Å². The molecule has 100 valence electrons. The zero-order chi connectivity index (χ0) is 14.1. The number of aromatic nitrogens is 3. The highest BCUT2D eigenvalue weighted by molar-refractivity contribution is 6.02. The van der Waals surface area contributed by atoms with Crippen LogP contribution in [0.25, 0.3) is 22.2 Å². The molecule has 3 rings (SSSR count). The Labute approximate surface area is 115 Å². The number of methoxy groups -OCH3 is 1. The monoisotopic (exact) mass is 267 g/mol. The Morgan fingerprint density at radius 3 is 2.90 bits per heavy atom. The van der Waals surface area contributed by atoms with Crippen LogP contribution in [0.3, 0.4) is 0 Å². The summed E-state index contributed by atoms with van der Waals surface area (Å²) in [6.07, 6.45) is 4.87. The van der Waals surface area contributed by atoms with Crippen molar-refractivity contribution in [3.05, 3.63) is 48.5 Å². The van der Waals surface area contributed by atoms with Gasteiger partial charge in [0.15, 0.2) is 0 Å². The van der Waals surface area contributed by atoms with E-state index >= 15 is 0 Å². The number of esters is 1. The van der Waals surface area contributed by atoms with Gasteiger partial charge < -0.3 is 9.30 Å². The number of aryl methyl sites for hydroxylation is 1. The van der Waals surface area contributed by atoms with Crippen LogP contribution >= 0.6 is 0 Å². The number of hydrogen-bond donors (Lipinski definition) is 0. The molecular formula is C15H13N3O2. The van der Waals surface area contributed by atoms with Crippen LogP contribution < -0.4 is 0 Å². The minimum atomic E-state index is -0.437. The van der Waals surface area contributed by atoms with Gasteiger partial charge in [-0.1, -0.05) is 18.2 Å². The third-order valence-electron chi connectivity index (χ3n) is 3.27. The second-order valence-electron chi connectivity index (χ2n) is 4.45. The molecule has 3 aromatic rings. The number of carbonyl (C=O) groups excluding carboxylic acids is 1. The molecule has 0 amide bonds. The van der Waals surface area contributed by atoms with E-state index in [0.717, 1.165) is 16.5 Å². The van der Waals surface area contributed by atoms with E-state index in [1.807, 2.05) is 42.1 Å². The van der Waals surface area contributed by atoms with Gasteiger partial charge in [-0.2, -0.15) is 0 Å². The lowest BCUT2D eigenvalue weighted by atomic mass is 10.1. The van der Waals surface area contributed by atoms with Gasteiger partial charge in [-0.15, -0.1) is 0 Å². The van der Waals surface area contributed by atoms with Crippen molar-refractivity contribution in [1.29, 1.82) is 0 Å². The maximum absolute atomic E-state index is 11.8. The summed E-state index contributed by atoms with van der Waals surface area (Å²) in [6, 6.07) is 7.98. The predicted molar refractivity (Wildman–Crippen MR) is 75.3 cm³/mol. The maximum Gasteiger partial charge on any atom is 0.341 e. The van der Waals surface area contributed by atoms with Crippen LogP contribution in [0.15, 0.2) is 43.0 Å². The number of fused-ring (bicyclic) bond motifs is 1. The van der Waals surface area contributed by atoms with Crippen LogP contribution in [0, 0.1) is 0 Å². The van der Waals surface area contributed by atoms with E-state index in [1.165, 1.54) is 19.6 Å². The molecule has 0 fully saturated rings. The highest BCUT2D eigenvalue weighted by Crippen LogP contribution is 2.30. The van der Waals surface area contributed by atoms with E-state index in [-0.39, 0.29) is 0 Å². The first-order valence-corrected chi connectivity index (χ1v) is 6.15. The molecule has 0 atom stereocenters. The topological polar surface area (TPSA) is 57.0 Å². The van der Waals surface area contributed by atoms with Gasteiger partial charge in [-0.05, 0) is 6.07 Å². The van der Waals surface area contributed by atoms with Gasteiger partial charge in [-0.25, -0.2) is 14.8 Å². The SMILES string of the molecule is COC(=O)c1cncnc1-c1cn(C)c2ccccc12. The summed E-state index contributed by atoms with van der Waals surface area (Å²) in [7, 11) is 3.31. The molecular weight excluding hydrogens is 254 g/mol. The molecule has 0 aliphatic carbocycles. The van der Waals surface area contributed by atoms with Gasteiger partial charge in [0, 0.05) is 35.9 Å². The first-order chi connectivity index (χ1) is 9.72. The first-order valence-electron chi connectivity index (χ1n) is 6.15. The molecule has 1 aromatic carbocycles. The fourth-order valence-electron chi connectivity index (χ4n) is 2.33. The fourth-order valence-corrected chi connectivity index (χ4v) is 2.33. The standard InChI is InChI=1S/C15H13N3O2/c1-18-8-12(10-5-3-4-6-13(10)18)14-11(15(19)20-2)7-16-9-17-14/h3-9H,1-2H3. The van der Waals surface area contributed by atoms with Crippen LogP contribution in [-0.4, -0.2) is 27.6 Å². The number of benzene rings is 1. The van der Waals surface area contributed by atoms with Gasteiger partial charge in [0.25, 0.3) is 0 Å². The Morgan fingerprint density at radius 1 is 1.30 bits per heavy atom. The van der Waals surface area contributed by atoms with Gasteiger partial charge in [-0.3, -0.25) is 0 Å². The van der Waals surface area contributed by atoms with Crippen LogP contribution in [0.5, 0.6) is 0 Å². The fraction of sp³-hybridized carbons (Fsp3) is 0.133. The summed E-state index contributed by atoms with van der Waals surface area (Å²) in [5, 5.41) is 1.04. The average molecular weight is 267 g/mol. The summed E-state index contributed by atoms with van der Waals surface area (Å²) in [5.74, 6) is -0.437. The van der Waals surface area contributed by atoms with Gasteiger partial charge in [0.05, 0.1) is 12.8 Å². The zero-order valence-electron chi connectivity index (χ0n) is 11.2. The molecule has 0 aliphatic heterocycles. The summed E-state index contributed by atoms with van der Waals surface area (Å²) in [4.78, 5) is 20.0. The van der Waals surface area contributed by atoms with Crippen molar-refractivity contribution < 1.29 is 9.53 Å². The van der Waals surface area contributed by atoms with E-state index in [2.05, 4.69) is 9.97 Å². The molecule has 0 saturated carbocycles. The summed E-state index contributed by atoms with van der Waals surface area (Å²) in [6.45, 7) is 0. The minimum absolute atomic E-state index is 0.367. The molecule has 5 nitrogen and oxygen atoms in total. The highest BCUT2D eigenvalue weighted by atomic mass is 16.5. The summed E-state index contributed by atoms with van der Waals surface area (Å²) in [5.41, 5.74) is 2.93. The molecule has 0 radical (unpaired) electrons. The van der Waals surface area contributed by atoms with Crippen molar-refractivity contribution in [3.8, 4) is 11.3 Å². The second kappa shape index (κ2) is 4.77. The number of nitrogens with zero attached hydrogens (tertiary/aromatic N) is 3. The molecule has 0 N–H and O–H groups in total. The normalized spacial score (nSPS) is 10.7. The number of rotatable bonds is 2. The molecule has 0 bridgehead atoms. The van der Waals surface area contributed by atoms with Crippen LogP contribution in [0.4, 0.5) is 0 Å². The van der Waals surface area contributed by atoms with Crippen LogP contribution in [0.1, 0.15) is 10.4 Å². The highest BCUT2D eigenvalue weighted by Gasteiger charge is 2.18. The number of carbonyl (C=O) groups is 1. The van der Waals surface area contributed by atoms with E-state index < -0.39 is 5.97 Å². The molecule has 5 heteroatoms. The summed E-state index contributed by atoms with van der Waals surface area (Å²) >= 11 is 0. The second-order valence-corrected chi connectivity index (χ2v) is 4.45. The number of ether oxygens (including phenoxy) is 1. The van der Waals surface area contributed by atoms with Crippen molar-refractivity contribution >= 4 is 16.9 Å². The zero-order valence-corrected chi connectivity index (χ0v) is 11.2. The van der Waals surface area contributed by atoms with E-state index in [9.17, 15) is 4.79 Å². The minimum Gasteiger partial charge on any atom is -0.465 e. The largest absolute Gasteiger partial charge is 0.465 e. The smallest absolute Gasteiger partial charge is 0.341 e.